The van der Waals surface area contributed by atoms with Gasteiger partial charge >= 0.3 is 0 Å². The molecule has 0 spiro atoms. The number of benzene rings is 1. The minimum Gasteiger partial charge on any atom is -0.352 e. The molecule has 2 heterocycles. The van der Waals surface area contributed by atoms with Crippen LogP contribution in [0, 0.1) is 0 Å². The van der Waals surface area contributed by atoms with Gasteiger partial charge < -0.3 is 15.2 Å². The molecule has 1 aromatic carbocycles. The molecule has 0 radical (unpaired) electrons. The third-order valence-electron chi connectivity index (χ3n) is 3.45. The first-order valence-corrected chi connectivity index (χ1v) is 8.28. The molecule has 0 aliphatic heterocycles. The molecular formula is C17H20IN5S. The van der Waals surface area contributed by atoms with E-state index < -0.39 is 0 Å². The Morgan fingerprint density at radius 1 is 1.17 bits per heavy atom. The van der Waals surface area contributed by atoms with Crippen molar-refractivity contribution in [2.45, 2.75) is 13.1 Å². The van der Waals surface area contributed by atoms with E-state index >= 15 is 0 Å². The molecule has 0 unspecified atom stereocenters. The summed E-state index contributed by atoms with van der Waals surface area (Å²) in [7, 11) is 1.78. The monoisotopic (exact) mass is 453 g/mol. The van der Waals surface area contributed by atoms with E-state index in [2.05, 4.69) is 50.3 Å². The number of rotatable bonds is 5. The lowest BCUT2D eigenvalue weighted by Crippen LogP contribution is -2.36. The highest BCUT2D eigenvalue weighted by molar-refractivity contribution is 14.0. The van der Waals surface area contributed by atoms with Crippen molar-refractivity contribution < 1.29 is 0 Å². The maximum absolute atomic E-state index is 4.27. The van der Waals surface area contributed by atoms with E-state index in [1.807, 2.05) is 29.2 Å². The molecule has 0 amide bonds. The van der Waals surface area contributed by atoms with Gasteiger partial charge in [0.05, 0.1) is 18.6 Å². The molecule has 2 aromatic heterocycles. The van der Waals surface area contributed by atoms with E-state index in [1.165, 1.54) is 10.4 Å². The third kappa shape index (κ3) is 4.81. The summed E-state index contributed by atoms with van der Waals surface area (Å²) in [4.78, 5) is 9.68. The van der Waals surface area contributed by atoms with Gasteiger partial charge in [-0.2, -0.15) is 0 Å². The van der Waals surface area contributed by atoms with Gasteiger partial charge in [-0.15, -0.1) is 35.3 Å². The predicted octanol–water partition coefficient (Wildman–Crippen LogP) is 3.42. The zero-order valence-corrected chi connectivity index (χ0v) is 16.5. The van der Waals surface area contributed by atoms with E-state index in [0.29, 0.717) is 6.54 Å². The van der Waals surface area contributed by atoms with E-state index in [9.17, 15) is 0 Å². The zero-order chi connectivity index (χ0) is 15.9. The van der Waals surface area contributed by atoms with E-state index in [0.717, 1.165) is 18.2 Å². The van der Waals surface area contributed by atoms with Crippen LogP contribution in [0.15, 0.2) is 65.5 Å². The molecule has 0 fully saturated rings. The number of thiophene rings is 1. The average molecular weight is 453 g/mol. The lowest BCUT2D eigenvalue weighted by atomic mass is 10.1. The first kappa shape index (κ1) is 18.5. The van der Waals surface area contributed by atoms with Crippen LogP contribution in [0.5, 0.6) is 0 Å². The number of nitrogens with one attached hydrogen (secondary N) is 2. The summed E-state index contributed by atoms with van der Waals surface area (Å²) >= 11 is 1.74. The summed E-state index contributed by atoms with van der Waals surface area (Å²) in [5.74, 6) is 0.791. The fraction of sp³-hybridized carbons (Fsp3) is 0.176. The topological polar surface area (TPSA) is 54.2 Å². The fourth-order valence-electron chi connectivity index (χ4n) is 2.30. The highest BCUT2D eigenvalue weighted by Crippen LogP contribution is 2.13. The van der Waals surface area contributed by atoms with Crippen molar-refractivity contribution in [3.05, 3.63) is 70.9 Å². The Bertz CT molecular complexity index is 753. The Morgan fingerprint density at radius 2 is 2.00 bits per heavy atom. The number of imidazole rings is 1. The molecule has 3 rings (SSSR count). The number of aliphatic imine (C=N–C) groups is 1. The maximum atomic E-state index is 4.27. The first-order valence-electron chi connectivity index (χ1n) is 7.40. The summed E-state index contributed by atoms with van der Waals surface area (Å²) in [6.07, 6.45) is 5.54. The van der Waals surface area contributed by atoms with Gasteiger partial charge in [-0.05, 0) is 23.1 Å². The third-order valence-corrected chi connectivity index (χ3v) is 4.33. The van der Waals surface area contributed by atoms with Crippen LogP contribution in [0.1, 0.15) is 10.4 Å². The van der Waals surface area contributed by atoms with Crippen LogP contribution in [0.3, 0.4) is 0 Å². The van der Waals surface area contributed by atoms with Crippen molar-refractivity contribution in [3.8, 4) is 5.69 Å². The second kappa shape index (κ2) is 9.43. The number of halogens is 1. The number of nitrogens with zero attached hydrogens (tertiary/aromatic N) is 3. The molecule has 0 bridgehead atoms. The molecule has 7 heteroatoms. The minimum absolute atomic E-state index is 0. The lowest BCUT2D eigenvalue weighted by molar-refractivity contribution is 0.809. The van der Waals surface area contributed by atoms with Gasteiger partial charge in [0, 0.05) is 30.9 Å². The highest BCUT2D eigenvalue weighted by Gasteiger charge is 2.05. The molecular weight excluding hydrogens is 433 g/mol. The Labute approximate surface area is 162 Å². The SMILES string of the molecule is CN=C(NCc1cccs1)NCc1ccccc1-n1ccnc1.I. The molecule has 2 N–H and O–H groups in total. The van der Waals surface area contributed by atoms with Crippen LogP contribution in [0.25, 0.3) is 5.69 Å². The smallest absolute Gasteiger partial charge is 0.191 e. The zero-order valence-electron chi connectivity index (χ0n) is 13.3. The van der Waals surface area contributed by atoms with Gasteiger partial charge in [0.2, 0.25) is 0 Å². The first-order chi connectivity index (χ1) is 11.4. The fourth-order valence-corrected chi connectivity index (χ4v) is 2.94. The van der Waals surface area contributed by atoms with Crippen LogP contribution < -0.4 is 10.6 Å². The van der Waals surface area contributed by atoms with Crippen LogP contribution in [0.2, 0.25) is 0 Å². The average Bonchev–Trinajstić information content (AvgIpc) is 3.29. The highest BCUT2D eigenvalue weighted by atomic mass is 127. The van der Waals surface area contributed by atoms with Crippen molar-refractivity contribution in [1.82, 2.24) is 20.2 Å². The minimum atomic E-state index is 0. The molecule has 24 heavy (non-hydrogen) atoms. The second-order valence-electron chi connectivity index (χ2n) is 4.96. The van der Waals surface area contributed by atoms with Crippen LogP contribution in [0.4, 0.5) is 0 Å². The van der Waals surface area contributed by atoms with Crippen molar-refractivity contribution >= 4 is 41.3 Å². The Hall–Kier alpha value is -1.87. The molecule has 126 valence electrons. The lowest BCUT2D eigenvalue weighted by Gasteiger charge is -2.14. The number of hydrogen-bond acceptors (Lipinski definition) is 3. The van der Waals surface area contributed by atoms with E-state index in [-0.39, 0.29) is 24.0 Å². The molecule has 0 aliphatic carbocycles. The number of para-hydroxylation sites is 1. The van der Waals surface area contributed by atoms with E-state index in [4.69, 9.17) is 0 Å². The van der Waals surface area contributed by atoms with Gasteiger partial charge in [0.1, 0.15) is 0 Å². The Kier molecular flexibility index (Phi) is 7.26. The molecule has 3 aromatic rings. The normalized spacial score (nSPS) is 11.0. The van der Waals surface area contributed by atoms with Crippen molar-refractivity contribution in [2.24, 2.45) is 4.99 Å². The Balaban J connectivity index is 0.00000208. The van der Waals surface area contributed by atoms with Gasteiger partial charge in [-0.3, -0.25) is 4.99 Å². The van der Waals surface area contributed by atoms with Crippen LogP contribution in [-0.2, 0) is 13.1 Å². The van der Waals surface area contributed by atoms with Crippen molar-refractivity contribution in [3.63, 3.8) is 0 Å². The van der Waals surface area contributed by atoms with Gasteiger partial charge in [-0.1, -0.05) is 24.3 Å². The Morgan fingerprint density at radius 3 is 2.71 bits per heavy atom. The van der Waals surface area contributed by atoms with Crippen LogP contribution >= 0.6 is 35.3 Å². The largest absolute Gasteiger partial charge is 0.352 e. The standard InChI is InChI=1S/C17H19N5S.HI/c1-18-17(21-12-15-6-4-10-23-15)20-11-14-5-2-3-7-16(14)22-9-8-19-13-22;/h2-10,13H,11-12H2,1H3,(H2,18,20,21);1H. The number of guanidine groups is 1. The predicted molar refractivity (Wildman–Crippen MR) is 110 cm³/mol. The van der Waals surface area contributed by atoms with Crippen molar-refractivity contribution in [1.29, 1.82) is 0 Å². The summed E-state index contributed by atoms with van der Waals surface area (Å²) in [6.45, 7) is 1.47. The van der Waals surface area contributed by atoms with Crippen LogP contribution in [-0.4, -0.2) is 22.6 Å². The summed E-state index contributed by atoms with van der Waals surface area (Å²) in [5.41, 5.74) is 2.30. The molecule has 0 saturated carbocycles. The molecule has 5 nitrogen and oxygen atoms in total. The van der Waals surface area contributed by atoms with Crippen molar-refractivity contribution in [2.75, 3.05) is 7.05 Å². The number of hydrogen-bond donors (Lipinski definition) is 2. The van der Waals surface area contributed by atoms with Gasteiger partial charge in [-0.25, -0.2) is 4.98 Å². The van der Waals surface area contributed by atoms with Gasteiger partial charge in [0.15, 0.2) is 5.96 Å². The maximum Gasteiger partial charge on any atom is 0.191 e. The van der Waals surface area contributed by atoms with E-state index in [1.54, 1.807) is 24.6 Å². The number of aromatic nitrogens is 2. The summed E-state index contributed by atoms with van der Waals surface area (Å²) < 4.78 is 2.01. The summed E-state index contributed by atoms with van der Waals surface area (Å²) in [6, 6.07) is 12.4. The van der Waals surface area contributed by atoms with Gasteiger partial charge in [0.25, 0.3) is 0 Å². The summed E-state index contributed by atoms with van der Waals surface area (Å²) in [5, 5.41) is 8.76. The quantitative estimate of drug-likeness (QED) is 0.354. The molecule has 0 saturated heterocycles. The second-order valence-corrected chi connectivity index (χ2v) is 5.99. The molecule has 0 aliphatic rings. The molecule has 0 atom stereocenters.